The van der Waals surface area contributed by atoms with Crippen LogP contribution in [0.15, 0.2) is 22.7 Å². The van der Waals surface area contributed by atoms with Gasteiger partial charge < -0.3 is 15.2 Å². The largest absolute Gasteiger partial charge is 0.507 e. The number of hydrogen-bond acceptors (Lipinski definition) is 3. The molecule has 76 valence electrons. The number of rotatable bonds is 1. The number of aromatic hydroxyl groups is 1. The van der Waals surface area contributed by atoms with E-state index in [0.717, 1.165) is 23.2 Å². The minimum absolute atomic E-state index is 0.237. The number of ether oxygens (including phenoxy) is 1. The van der Waals surface area contributed by atoms with E-state index in [0.29, 0.717) is 6.61 Å². The summed E-state index contributed by atoms with van der Waals surface area (Å²) in [7, 11) is 0. The van der Waals surface area contributed by atoms with Crippen molar-refractivity contribution in [1.82, 2.24) is 5.32 Å². The third-order valence-corrected chi connectivity index (χ3v) is 2.93. The Bertz CT molecular complexity index is 324. The molecule has 1 aromatic rings. The van der Waals surface area contributed by atoms with E-state index in [4.69, 9.17) is 4.74 Å². The third kappa shape index (κ3) is 2.08. The van der Waals surface area contributed by atoms with E-state index in [9.17, 15) is 5.11 Å². The summed E-state index contributed by atoms with van der Waals surface area (Å²) in [4.78, 5) is 0. The predicted molar refractivity (Wildman–Crippen MR) is 57.4 cm³/mol. The highest BCUT2D eigenvalue weighted by molar-refractivity contribution is 9.10. The molecule has 3 nitrogen and oxygen atoms in total. The van der Waals surface area contributed by atoms with Gasteiger partial charge >= 0.3 is 0 Å². The quantitative estimate of drug-likeness (QED) is 0.807. The van der Waals surface area contributed by atoms with E-state index in [2.05, 4.69) is 21.2 Å². The lowest BCUT2D eigenvalue weighted by Crippen LogP contribution is -2.34. The maximum Gasteiger partial charge on any atom is 0.129 e. The van der Waals surface area contributed by atoms with Gasteiger partial charge in [0.15, 0.2) is 0 Å². The van der Waals surface area contributed by atoms with Crippen LogP contribution in [0.4, 0.5) is 0 Å². The number of halogens is 1. The van der Waals surface area contributed by atoms with Gasteiger partial charge in [-0.3, -0.25) is 0 Å². The number of benzene rings is 1. The molecule has 14 heavy (non-hydrogen) atoms. The monoisotopic (exact) mass is 257 g/mol. The topological polar surface area (TPSA) is 41.5 Å². The molecule has 0 radical (unpaired) electrons. The van der Waals surface area contributed by atoms with E-state index in [-0.39, 0.29) is 11.8 Å². The highest BCUT2D eigenvalue weighted by Gasteiger charge is 2.15. The van der Waals surface area contributed by atoms with Crippen molar-refractivity contribution in [3.05, 3.63) is 28.2 Å². The van der Waals surface area contributed by atoms with Gasteiger partial charge in [0.05, 0.1) is 23.7 Å². The Balaban J connectivity index is 2.18. The molecule has 0 aromatic heterocycles. The Morgan fingerprint density at radius 1 is 1.50 bits per heavy atom. The van der Waals surface area contributed by atoms with Crippen molar-refractivity contribution in [3.63, 3.8) is 0 Å². The van der Waals surface area contributed by atoms with Crippen molar-refractivity contribution in [3.8, 4) is 5.75 Å². The number of nitrogens with one attached hydrogen (secondary N) is 1. The fourth-order valence-corrected chi connectivity index (χ4v) is 1.92. The first-order valence-electron chi connectivity index (χ1n) is 4.57. The van der Waals surface area contributed by atoms with Gasteiger partial charge in [0.25, 0.3) is 0 Å². The van der Waals surface area contributed by atoms with Crippen LogP contribution in [0, 0.1) is 0 Å². The summed E-state index contributed by atoms with van der Waals surface area (Å²) in [5.74, 6) is 0.269. The SMILES string of the molecule is Oc1ccc(C2COCCN2)cc1Br. The Kier molecular flexibility index (Phi) is 3.05. The molecule has 0 saturated carbocycles. The van der Waals surface area contributed by atoms with Gasteiger partial charge in [-0.15, -0.1) is 0 Å². The molecular weight excluding hydrogens is 246 g/mol. The Morgan fingerprint density at radius 2 is 2.36 bits per heavy atom. The summed E-state index contributed by atoms with van der Waals surface area (Å²) in [6.45, 7) is 2.34. The van der Waals surface area contributed by atoms with Crippen LogP contribution in [0.3, 0.4) is 0 Å². The van der Waals surface area contributed by atoms with Gasteiger partial charge in [-0.1, -0.05) is 6.07 Å². The van der Waals surface area contributed by atoms with Crippen molar-refractivity contribution < 1.29 is 9.84 Å². The average Bonchev–Trinajstić information content (AvgIpc) is 2.23. The highest BCUT2D eigenvalue weighted by atomic mass is 79.9. The normalized spacial score (nSPS) is 22.2. The van der Waals surface area contributed by atoms with Crippen LogP contribution in [-0.2, 0) is 4.74 Å². The second-order valence-electron chi connectivity index (χ2n) is 3.29. The van der Waals surface area contributed by atoms with E-state index in [1.54, 1.807) is 6.07 Å². The lowest BCUT2D eigenvalue weighted by Gasteiger charge is -2.24. The zero-order valence-corrected chi connectivity index (χ0v) is 9.25. The molecule has 2 N–H and O–H groups in total. The molecule has 1 fully saturated rings. The van der Waals surface area contributed by atoms with Crippen molar-refractivity contribution in [2.24, 2.45) is 0 Å². The summed E-state index contributed by atoms with van der Waals surface area (Å²) in [5.41, 5.74) is 1.13. The van der Waals surface area contributed by atoms with Crippen molar-refractivity contribution in [2.75, 3.05) is 19.8 Å². The zero-order chi connectivity index (χ0) is 9.97. The molecule has 1 aliphatic rings. The Labute approximate surface area is 91.2 Å². The lowest BCUT2D eigenvalue weighted by molar-refractivity contribution is 0.0768. The fraction of sp³-hybridized carbons (Fsp3) is 0.400. The second kappa shape index (κ2) is 4.29. The molecule has 4 heteroatoms. The van der Waals surface area contributed by atoms with Crippen LogP contribution in [0.2, 0.25) is 0 Å². The van der Waals surface area contributed by atoms with Crippen molar-refractivity contribution in [2.45, 2.75) is 6.04 Å². The molecule has 0 amide bonds. The summed E-state index contributed by atoms with van der Waals surface area (Å²) in [5, 5.41) is 12.7. The van der Waals surface area contributed by atoms with Gasteiger partial charge in [-0.25, -0.2) is 0 Å². The number of morpholine rings is 1. The molecule has 0 bridgehead atoms. The number of phenols is 1. The Hall–Kier alpha value is -0.580. The number of phenolic OH excluding ortho intramolecular Hbond substituents is 1. The van der Waals surface area contributed by atoms with Gasteiger partial charge in [0, 0.05) is 6.54 Å². The summed E-state index contributed by atoms with van der Waals surface area (Å²) >= 11 is 3.29. The second-order valence-corrected chi connectivity index (χ2v) is 4.15. The summed E-state index contributed by atoms with van der Waals surface area (Å²) < 4.78 is 6.09. The summed E-state index contributed by atoms with van der Waals surface area (Å²) in [6.07, 6.45) is 0. The molecule has 0 spiro atoms. The molecule has 1 saturated heterocycles. The molecule has 1 aliphatic heterocycles. The molecule has 1 heterocycles. The first-order valence-corrected chi connectivity index (χ1v) is 5.36. The highest BCUT2D eigenvalue weighted by Crippen LogP contribution is 2.27. The van der Waals surface area contributed by atoms with E-state index < -0.39 is 0 Å². The molecule has 2 rings (SSSR count). The van der Waals surface area contributed by atoms with E-state index in [1.165, 1.54) is 0 Å². The summed E-state index contributed by atoms with van der Waals surface area (Å²) in [6, 6.07) is 5.75. The van der Waals surface area contributed by atoms with Crippen molar-refractivity contribution >= 4 is 15.9 Å². The Morgan fingerprint density at radius 3 is 3.00 bits per heavy atom. The average molecular weight is 258 g/mol. The molecule has 0 aliphatic carbocycles. The van der Waals surface area contributed by atoms with Crippen LogP contribution < -0.4 is 5.32 Å². The standard InChI is InChI=1S/C10H12BrNO2/c11-8-5-7(1-2-10(8)13)9-6-14-4-3-12-9/h1-2,5,9,12-13H,3-4,6H2. The maximum atomic E-state index is 9.34. The van der Waals surface area contributed by atoms with Gasteiger partial charge in [-0.05, 0) is 33.6 Å². The van der Waals surface area contributed by atoms with E-state index >= 15 is 0 Å². The number of hydrogen-bond donors (Lipinski definition) is 2. The minimum Gasteiger partial charge on any atom is -0.507 e. The predicted octanol–water partition coefficient (Wildman–Crippen LogP) is 1.82. The zero-order valence-electron chi connectivity index (χ0n) is 7.66. The first kappa shape index (κ1) is 9.96. The lowest BCUT2D eigenvalue weighted by atomic mass is 10.1. The van der Waals surface area contributed by atoms with Gasteiger partial charge in [0.1, 0.15) is 5.75 Å². The van der Waals surface area contributed by atoms with Crippen LogP contribution in [0.25, 0.3) is 0 Å². The maximum absolute atomic E-state index is 9.34. The third-order valence-electron chi connectivity index (χ3n) is 2.30. The van der Waals surface area contributed by atoms with Crippen LogP contribution >= 0.6 is 15.9 Å². The minimum atomic E-state index is 0.237. The van der Waals surface area contributed by atoms with Gasteiger partial charge in [0.2, 0.25) is 0 Å². The van der Waals surface area contributed by atoms with Crippen LogP contribution in [-0.4, -0.2) is 24.9 Å². The molecule has 1 atom stereocenters. The van der Waals surface area contributed by atoms with Crippen LogP contribution in [0.1, 0.15) is 11.6 Å². The van der Waals surface area contributed by atoms with Crippen LogP contribution in [0.5, 0.6) is 5.75 Å². The fourth-order valence-electron chi connectivity index (χ4n) is 1.52. The van der Waals surface area contributed by atoms with E-state index in [1.807, 2.05) is 12.1 Å². The smallest absolute Gasteiger partial charge is 0.129 e. The molecular formula is C10H12BrNO2. The first-order chi connectivity index (χ1) is 6.77. The van der Waals surface area contributed by atoms with Gasteiger partial charge in [-0.2, -0.15) is 0 Å². The van der Waals surface area contributed by atoms with Crippen molar-refractivity contribution in [1.29, 1.82) is 0 Å². The molecule has 1 unspecified atom stereocenters. The molecule has 1 aromatic carbocycles.